The van der Waals surface area contributed by atoms with E-state index in [0.717, 1.165) is 0 Å². The molecule has 7 nitrogen and oxygen atoms in total. The third kappa shape index (κ3) is 2.33. The van der Waals surface area contributed by atoms with Crippen LogP contribution in [0.2, 0.25) is 0 Å². The molecule has 1 saturated heterocycles. The van der Waals surface area contributed by atoms with E-state index in [1.807, 2.05) is 0 Å². The topological polar surface area (TPSA) is 108 Å². The van der Waals surface area contributed by atoms with Gasteiger partial charge < -0.3 is 15.7 Å². The summed E-state index contributed by atoms with van der Waals surface area (Å²) in [5.74, 6) is -0.433. The third-order valence-corrected chi connectivity index (χ3v) is 4.29. The first kappa shape index (κ1) is 11.3. The van der Waals surface area contributed by atoms with E-state index in [0.29, 0.717) is 12.4 Å². The lowest BCUT2D eigenvalue weighted by atomic mass is 10.3. The predicted octanol–water partition coefficient (Wildman–Crippen LogP) is -2.17. The number of rotatable bonds is 2. The minimum absolute atomic E-state index is 0.0226. The zero-order valence-corrected chi connectivity index (χ0v) is 9.33. The number of amidine groups is 1. The van der Waals surface area contributed by atoms with Gasteiger partial charge in [-0.05, 0) is 0 Å². The second-order valence-corrected chi connectivity index (χ2v) is 6.11. The molecular formula is C8H13N3O4S. The zero-order valence-electron chi connectivity index (χ0n) is 8.51. The molecule has 1 fully saturated rings. The van der Waals surface area contributed by atoms with E-state index in [2.05, 4.69) is 15.6 Å². The van der Waals surface area contributed by atoms with Gasteiger partial charge in [0.1, 0.15) is 11.9 Å². The lowest BCUT2D eigenvalue weighted by molar-refractivity contribution is -0.138. The standard InChI is InChI=1S/C8H13N3O4S/c12-8(13)5-3-10-7(11-5)6-4-16(14,15)2-1-9-6/h5-6,9H,1-4H2,(H,10,11)(H,12,13). The van der Waals surface area contributed by atoms with Crippen LogP contribution in [0.15, 0.2) is 4.99 Å². The van der Waals surface area contributed by atoms with Crippen molar-refractivity contribution in [1.29, 1.82) is 0 Å². The molecule has 0 aromatic rings. The Balaban J connectivity index is 2.02. The fourth-order valence-corrected chi connectivity index (χ4v) is 3.15. The number of carboxylic acid groups (broad SMARTS) is 1. The molecule has 2 aliphatic heterocycles. The average molecular weight is 247 g/mol. The lowest BCUT2D eigenvalue weighted by Crippen LogP contribution is -2.54. The van der Waals surface area contributed by atoms with Gasteiger partial charge in [-0.15, -0.1) is 0 Å². The maximum absolute atomic E-state index is 11.4. The molecule has 2 unspecified atom stereocenters. The van der Waals surface area contributed by atoms with Crippen LogP contribution in [0, 0.1) is 0 Å². The SMILES string of the molecule is O=C(O)C1CN=C(C2CS(=O)(=O)CCN2)N1. The van der Waals surface area contributed by atoms with Gasteiger partial charge in [0, 0.05) is 6.54 Å². The van der Waals surface area contributed by atoms with Crippen LogP contribution < -0.4 is 10.6 Å². The summed E-state index contributed by atoms with van der Waals surface area (Å²) in [5, 5.41) is 14.5. The molecule has 8 heteroatoms. The number of hydrogen-bond acceptors (Lipinski definition) is 6. The minimum atomic E-state index is -3.04. The van der Waals surface area contributed by atoms with Crippen LogP contribution in [0.1, 0.15) is 0 Å². The summed E-state index contributed by atoms with van der Waals surface area (Å²) in [4.78, 5) is 14.7. The molecule has 0 radical (unpaired) electrons. The average Bonchev–Trinajstić information content (AvgIpc) is 2.64. The van der Waals surface area contributed by atoms with E-state index in [4.69, 9.17) is 5.11 Å². The Morgan fingerprint density at radius 2 is 2.25 bits per heavy atom. The van der Waals surface area contributed by atoms with Crippen molar-refractivity contribution >= 4 is 21.6 Å². The molecule has 0 amide bonds. The van der Waals surface area contributed by atoms with Crippen molar-refractivity contribution in [2.24, 2.45) is 4.99 Å². The Bertz CT molecular complexity index is 431. The molecule has 0 spiro atoms. The minimum Gasteiger partial charge on any atom is -0.480 e. The maximum atomic E-state index is 11.4. The maximum Gasteiger partial charge on any atom is 0.328 e. The van der Waals surface area contributed by atoms with E-state index in [9.17, 15) is 13.2 Å². The van der Waals surface area contributed by atoms with Gasteiger partial charge in [0.2, 0.25) is 0 Å². The number of hydrogen-bond donors (Lipinski definition) is 3. The Labute approximate surface area is 92.9 Å². The van der Waals surface area contributed by atoms with Crippen molar-refractivity contribution in [2.75, 3.05) is 24.6 Å². The zero-order chi connectivity index (χ0) is 11.8. The molecule has 0 saturated carbocycles. The molecule has 90 valence electrons. The summed E-state index contributed by atoms with van der Waals surface area (Å²) in [7, 11) is -3.04. The van der Waals surface area contributed by atoms with Crippen molar-refractivity contribution in [3.05, 3.63) is 0 Å². The van der Waals surface area contributed by atoms with Crippen LogP contribution in [0.4, 0.5) is 0 Å². The summed E-state index contributed by atoms with van der Waals surface area (Å²) in [5.41, 5.74) is 0. The van der Waals surface area contributed by atoms with Crippen LogP contribution in [-0.2, 0) is 14.6 Å². The quantitative estimate of drug-likeness (QED) is 0.512. The van der Waals surface area contributed by atoms with Gasteiger partial charge >= 0.3 is 5.97 Å². The third-order valence-electron chi connectivity index (χ3n) is 2.62. The van der Waals surface area contributed by atoms with Crippen LogP contribution in [0.3, 0.4) is 0 Å². The van der Waals surface area contributed by atoms with E-state index >= 15 is 0 Å². The van der Waals surface area contributed by atoms with Crippen LogP contribution in [0.25, 0.3) is 0 Å². The van der Waals surface area contributed by atoms with Crippen molar-refractivity contribution < 1.29 is 18.3 Å². The fraction of sp³-hybridized carbons (Fsp3) is 0.750. The van der Waals surface area contributed by atoms with E-state index < -0.39 is 27.9 Å². The summed E-state index contributed by atoms with van der Waals surface area (Å²) in [6, 6.07) is -1.13. The highest BCUT2D eigenvalue weighted by atomic mass is 32.2. The second kappa shape index (κ2) is 4.02. The van der Waals surface area contributed by atoms with Gasteiger partial charge in [-0.2, -0.15) is 0 Å². The first-order valence-corrected chi connectivity index (χ1v) is 6.77. The Morgan fingerprint density at radius 3 is 2.81 bits per heavy atom. The summed E-state index contributed by atoms with van der Waals surface area (Å²) in [6.45, 7) is 0.536. The first-order valence-electron chi connectivity index (χ1n) is 4.95. The predicted molar refractivity (Wildman–Crippen MR) is 57.3 cm³/mol. The van der Waals surface area contributed by atoms with E-state index in [-0.39, 0.29) is 18.1 Å². The Hall–Kier alpha value is -1.15. The van der Waals surface area contributed by atoms with Crippen LogP contribution in [0.5, 0.6) is 0 Å². The van der Waals surface area contributed by atoms with Crippen LogP contribution in [-0.4, -0.2) is 62.0 Å². The molecule has 0 aromatic carbocycles. The number of carbonyl (C=O) groups is 1. The van der Waals surface area contributed by atoms with Crippen molar-refractivity contribution in [3.63, 3.8) is 0 Å². The summed E-state index contributed by atoms with van der Waals surface area (Å²) < 4.78 is 22.8. The van der Waals surface area contributed by atoms with E-state index in [1.165, 1.54) is 0 Å². The van der Waals surface area contributed by atoms with Crippen LogP contribution >= 0.6 is 0 Å². The number of aliphatic carboxylic acids is 1. The molecule has 16 heavy (non-hydrogen) atoms. The number of nitrogens with zero attached hydrogens (tertiary/aromatic N) is 1. The molecule has 2 atom stereocenters. The summed E-state index contributed by atoms with van der Waals surface area (Å²) in [6.07, 6.45) is 0. The Morgan fingerprint density at radius 1 is 1.50 bits per heavy atom. The van der Waals surface area contributed by atoms with Gasteiger partial charge in [0.05, 0.1) is 24.1 Å². The van der Waals surface area contributed by atoms with E-state index in [1.54, 1.807) is 0 Å². The highest BCUT2D eigenvalue weighted by molar-refractivity contribution is 7.91. The Kier molecular flexibility index (Phi) is 2.85. The molecule has 2 aliphatic rings. The monoisotopic (exact) mass is 247 g/mol. The molecule has 0 aromatic heterocycles. The van der Waals surface area contributed by atoms with Gasteiger partial charge in [-0.25, -0.2) is 13.2 Å². The normalized spacial score (nSPS) is 32.9. The molecule has 2 heterocycles. The number of nitrogens with one attached hydrogen (secondary N) is 2. The molecular weight excluding hydrogens is 234 g/mol. The first-order chi connectivity index (χ1) is 7.48. The molecule has 3 N–H and O–H groups in total. The highest BCUT2D eigenvalue weighted by Crippen LogP contribution is 2.06. The van der Waals surface area contributed by atoms with Gasteiger partial charge in [-0.3, -0.25) is 4.99 Å². The van der Waals surface area contributed by atoms with Crippen molar-refractivity contribution in [2.45, 2.75) is 12.1 Å². The second-order valence-electron chi connectivity index (χ2n) is 3.88. The summed E-state index contributed by atoms with van der Waals surface area (Å²) >= 11 is 0. The largest absolute Gasteiger partial charge is 0.480 e. The molecule has 2 rings (SSSR count). The van der Waals surface area contributed by atoms with Crippen molar-refractivity contribution in [3.8, 4) is 0 Å². The molecule has 0 aliphatic carbocycles. The smallest absolute Gasteiger partial charge is 0.328 e. The number of sulfone groups is 1. The number of carboxylic acids is 1. The molecule has 0 bridgehead atoms. The van der Waals surface area contributed by atoms with Gasteiger partial charge in [0.25, 0.3) is 0 Å². The van der Waals surface area contributed by atoms with Gasteiger partial charge in [-0.1, -0.05) is 0 Å². The van der Waals surface area contributed by atoms with Gasteiger partial charge in [0.15, 0.2) is 9.84 Å². The number of aliphatic imine (C=N–C) groups is 1. The fourth-order valence-electron chi connectivity index (χ4n) is 1.77. The lowest BCUT2D eigenvalue weighted by Gasteiger charge is -2.24. The van der Waals surface area contributed by atoms with Crippen molar-refractivity contribution in [1.82, 2.24) is 10.6 Å². The highest BCUT2D eigenvalue weighted by Gasteiger charge is 2.33.